The van der Waals surface area contributed by atoms with E-state index >= 15 is 0 Å². The van der Waals surface area contributed by atoms with Crippen molar-refractivity contribution in [1.29, 1.82) is 0 Å². The molecule has 0 heterocycles. The van der Waals surface area contributed by atoms with Crippen LogP contribution in [0.5, 0.6) is 0 Å². The van der Waals surface area contributed by atoms with Gasteiger partial charge in [0.15, 0.2) is 0 Å². The number of rotatable bonds is 11. The van der Waals surface area contributed by atoms with Gasteiger partial charge >= 0.3 is 0 Å². The molecule has 0 aliphatic carbocycles. The predicted molar refractivity (Wildman–Crippen MR) is 142 cm³/mol. The van der Waals surface area contributed by atoms with Crippen molar-refractivity contribution >= 4 is 27.5 Å². The van der Waals surface area contributed by atoms with E-state index in [1.807, 2.05) is 77.1 Å². The van der Waals surface area contributed by atoms with E-state index in [2.05, 4.69) is 5.32 Å². The van der Waals surface area contributed by atoms with Gasteiger partial charge in [-0.15, -0.1) is 0 Å². The summed E-state index contributed by atoms with van der Waals surface area (Å²) < 4.78 is 26.7. The highest BCUT2D eigenvalue weighted by molar-refractivity contribution is 7.92. The quantitative estimate of drug-likeness (QED) is 0.508. The average Bonchev–Trinajstić information content (AvgIpc) is 2.78. The van der Waals surface area contributed by atoms with Crippen molar-refractivity contribution in [3.8, 4) is 0 Å². The molecule has 2 aromatic carbocycles. The molecular formula is C27H39N3O4S. The van der Waals surface area contributed by atoms with Crippen LogP contribution in [0.2, 0.25) is 0 Å². The predicted octanol–water partition coefficient (Wildman–Crippen LogP) is 3.78. The molecule has 7 nitrogen and oxygen atoms in total. The summed E-state index contributed by atoms with van der Waals surface area (Å²) in [6.07, 6.45) is 2.69. The molecule has 0 radical (unpaired) electrons. The van der Waals surface area contributed by atoms with Gasteiger partial charge in [0.25, 0.3) is 0 Å². The van der Waals surface area contributed by atoms with E-state index in [4.69, 9.17) is 0 Å². The number of aryl methyl sites for hydroxylation is 1. The fraction of sp³-hybridized carbons (Fsp3) is 0.481. The molecular weight excluding hydrogens is 462 g/mol. The van der Waals surface area contributed by atoms with Gasteiger partial charge in [0.2, 0.25) is 21.8 Å². The molecule has 0 spiro atoms. The van der Waals surface area contributed by atoms with Crippen LogP contribution >= 0.6 is 0 Å². The zero-order valence-corrected chi connectivity index (χ0v) is 22.6. The number of nitrogens with one attached hydrogen (secondary N) is 1. The van der Waals surface area contributed by atoms with Crippen LogP contribution in [0.3, 0.4) is 0 Å². The molecule has 2 rings (SSSR count). The number of hydrogen-bond acceptors (Lipinski definition) is 4. The Bertz CT molecular complexity index is 1090. The third-order valence-corrected chi connectivity index (χ3v) is 6.82. The first-order chi connectivity index (χ1) is 16.4. The SMILES string of the molecule is CCc1ccccc1N(CC(=O)N(CCc1ccccc1)C(CC)C(=O)NC(C)(C)C)S(C)(=O)=O. The molecule has 2 aromatic rings. The largest absolute Gasteiger partial charge is 0.350 e. The van der Waals surface area contributed by atoms with Crippen LogP contribution in [0, 0.1) is 0 Å². The maximum absolute atomic E-state index is 13.7. The zero-order valence-electron chi connectivity index (χ0n) is 21.7. The molecule has 1 N–H and O–H groups in total. The van der Waals surface area contributed by atoms with Crippen LogP contribution < -0.4 is 9.62 Å². The lowest BCUT2D eigenvalue weighted by molar-refractivity contribution is -0.140. The summed E-state index contributed by atoms with van der Waals surface area (Å²) in [5, 5.41) is 2.97. The summed E-state index contributed by atoms with van der Waals surface area (Å²) in [5.74, 6) is -0.658. The number of amides is 2. The molecule has 1 atom stereocenters. The van der Waals surface area contributed by atoms with Gasteiger partial charge in [0.1, 0.15) is 12.6 Å². The van der Waals surface area contributed by atoms with Crippen molar-refractivity contribution in [3.63, 3.8) is 0 Å². The minimum Gasteiger partial charge on any atom is -0.350 e. The minimum absolute atomic E-state index is 0.249. The number of para-hydroxylation sites is 1. The van der Waals surface area contributed by atoms with E-state index in [0.29, 0.717) is 31.5 Å². The van der Waals surface area contributed by atoms with Crippen LogP contribution in [-0.2, 0) is 32.5 Å². The molecule has 35 heavy (non-hydrogen) atoms. The van der Waals surface area contributed by atoms with Gasteiger partial charge in [-0.3, -0.25) is 13.9 Å². The first-order valence-corrected chi connectivity index (χ1v) is 13.9. The first kappa shape index (κ1) is 28.4. The molecule has 0 bridgehead atoms. The normalized spacial score (nSPS) is 12.6. The molecule has 192 valence electrons. The summed E-state index contributed by atoms with van der Waals surface area (Å²) in [4.78, 5) is 28.4. The number of anilines is 1. The number of hydrogen-bond donors (Lipinski definition) is 1. The second-order valence-electron chi connectivity index (χ2n) is 9.74. The summed E-state index contributed by atoms with van der Waals surface area (Å²) in [6.45, 7) is 9.39. The monoisotopic (exact) mass is 501 g/mol. The van der Waals surface area contributed by atoms with Gasteiger partial charge in [-0.2, -0.15) is 0 Å². The van der Waals surface area contributed by atoms with E-state index in [1.165, 1.54) is 4.90 Å². The van der Waals surface area contributed by atoms with Gasteiger partial charge in [-0.05, 0) is 57.2 Å². The average molecular weight is 502 g/mol. The Morgan fingerprint density at radius 3 is 2.11 bits per heavy atom. The summed E-state index contributed by atoms with van der Waals surface area (Å²) >= 11 is 0. The second-order valence-corrected chi connectivity index (χ2v) is 11.6. The number of benzene rings is 2. The Balaban J connectivity index is 2.42. The summed E-state index contributed by atoms with van der Waals surface area (Å²) in [5.41, 5.74) is 1.89. The van der Waals surface area contributed by atoms with E-state index < -0.39 is 27.5 Å². The van der Waals surface area contributed by atoms with E-state index in [9.17, 15) is 18.0 Å². The molecule has 0 saturated carbocycles. The zero-order chi connectivity index (χ0) is 26.2. The molecule has 0 aliphatic rings. The first-order valence-electron chi connectivity index (χ1n) is 12.1. The fourth-order valence-electron chi connectivity index (χ4n) is 4.00. The van der Waals surface area contributed by atoms with Crippen molar-refractivity contribution in [2.75, 3.05) is 23.7 Å². The minimum atomic E-state index is -3.74. The third kappa shape index (κ3) is 8.38. The Morgan fingerprint density at radius 1 is 0.971 bits per heavy atom. The lowest BCUT2D eigenvalue weighted by Gasteiger charge is -2.34. The number of nitrogens with zero attached hydrogens (tertiary/aromatic N) is 2. The Morgan fingerprint density at radius 2 is 1.57 bits per heavy atom. The van der Waals surface area contributed by atoms with E-state index in [0.717, 1.165) is 21.7 Å². The van der Waals surface area contributed by atoms with Crippen molar-refractivity contribution in [1.82, 2.24) is 10.2 Å². The van der Waals surface area contributed by atoms with Gasteiger partial charge in [-0.1, -0.05) is 62.4 Å². The van der Waals surface area contributed by atoms with Crippen LogP contribution in [0.25, 0.3) is 0 Å². The smallest absolute Gasteiger partial charge is 0.244 e. The van der Waals surface area contributed by atoms with Crippen molar-refractivity contribution < 1.29 is 18.0 Å². The van der Waals surface area contributed by atoms with Crippen molar-refractivity contribution in [3.05, 3.63) is 65.7 Å². The lowest BCUT2D eigenvalue weighted by atomic mass is 10.1. The fourth-order valence-corrected chi connectivity index (χ4v) is 4.88. The molecule has 0 aromatic heterocycles. The van der Waals surface area contributed by atoms with Gasteiger partial charge in [-0.25, -0.2) is 8.42 Å². The van der Waals surface area contributed by atoms with Crippen molar-refractivity contribution in [2.45, 2.75) is 65.5 Å². The highest BCUT2D eigenvalue weighted by Gasteiger charge is 2.33. The molecule has 1 unspecified atom stereocenters. The van der Waals surface area contributed by atoms with Crippen molar-refractivity contribution in [2.24, 2.45) is 0 Å². The lowest BCUT2D eigenvalue weighted by Crippen LogP contribution is -2.56. The molecule has 8 heteroatoms. The van der Waals surface area contributed by atoms with Gasteiger partial charge < -0.3 is 10.2 Å². The third-order valence-electron chi connectivity index (χ3n) is 5.69. The van der Waals surface area contributed by atoms with Gasteiger partial charge in [0.05, 0.1) is 11.9 Å². The molecule has 0 fully saturated rings. The summed E-state index contributed by atoms with van der Waals surface area (Å²) in [7, 11) is -3.74. The molecule has 0 aliphatic heterocycles. The highest BCUT2D eigenvalue weighted by Crippen LogP contribution is 2.24. The molecule has 0 saturated heterocycles. The Hall–Kier alpha value is -2.87. The van der Waals surface area contributed by atoms with E-state index in [-0.39, 0.29) is 12.5 Å². The Labute approximate surface area is 210 Å². The van der Waals surface area contributed by atoms with Gasteiger partial charge in [0, 0.05) is 12.1 Å². The van der Waals surface area contributed by atoms with E-state index in [1.54, 1.807) is 12.1 Å². The topological polar surface area (TPSA) is 86.8 Å². The standard InChI is InChI=1S/C27H39N3O4S/c1-7-22-16-12-13-17-24(22)30(35(6,33)34)20-25(31)29(19-18-21-14-10-9-11-15-21)23(8-2)26(32)28-27(3,4)5/h9-17,23H,7-8,18-20H2,1-6H3,(H,28,32). The number of sulfonamides is 1. The Kier molecular flexibility index (Phi) is 9.89. The number of carbonyl (C=O) groups excluding carboxylic acids is 2. The molecule has 2 amide bonds. The van der Waals surface area contributed by atoms with Crippen LogP contribution in [0.1, 0.15) is 52.2 Å². The summed E-state index contributed by atoms with van der Waals surface area (Å²) in [6, 6.07) is 16.2. The maximum atomic E-state index is 13.7. The number of carbonyl (C=O) groups is 2. The highest BCUT2D eigenvalue weighted by atomic mass is 32.2. The van der Waals surface area contributed by atoms with Crippen LogP contribution in [0.4, 0.5) is 5.69 Å². The maximum Gasteiger partial charge on any atom is 0.244 e. The van der Waals surface area contributed by atoms with Crippen LogP contribution in [-0.4, -0.2) is 56.1 Å². The second kappa shape index (κ2) is 12.2. The van der Waals surface area contributed by atoms with Crippen LogP contribution in [0.15, 0.2) is 54.6 Å².